The van der Waals surface area contributed by atoms with E-state index in [2.05, 4.69) is 17.3 Å². The molecule has 0 atom stereocenters. The molecule has 1 N–H and O–H groups in total. The molecule has 1 aromatic heterocycles. The van der Waals surface area contributed by atoms with Crippen molar-refractivity contribution in [3.8, 4) is 5.69 Å². The van der Waals surface area contributed by atoms with Gasteiger partial charge in [-0.05, 0) is 32.4 Å². The lowest BCUT2D eigenvalue weighted by molar-refractivity contribution is -0.124. The second kappa shape index (κ2) is 9.75. The zero-order valence-corrected chi connectivity index (χ0v) is 15.7. The number of para-hydroxylation sites is 1. The predicted molar refractivity (Wildman–Crippen MR) is 100 cm³/mol. The Hall–Kier alpha value is -2.63. The molecule has 0 spiro atoms. The van der Waals surface area contributed by atoms with Crippen molar-refractivity contribution in [3.05, 3.63) is 47.3 Å². The molecule has 0 radical (unpaired) electrons. The van der Waals surface area contributed by atoms with Gasteiger partial charge in [0.1, 0.15) is 5.56 Å². The first-order valence-corrected chi connectivity index (χ1v) is 9.10. The van der Waals surface area contributed by atoms with E-state index in [0.29, 0.717) is 23.5 Å². The number of carbonyl (C=O) groups excluding carboxylic acids is 2. The smallest absolute Gasteiger partial charge is 0.342 e. The maximum atomic E-state index is 12.4. The maximum Gasteiger partial charge on any atom is 0.342 e. The van der Waals surface area contributed by atoms with Crippen molar-refractivity contribution in [1.29, 1.82) is 0 Å². The van der Waals surface area contributed by atoms with Crippen LogP contribution in [0.25, 0.3) is 5.69 Å². The highest BCUT2D eigenvalue weighted by molar-refractivity contribution is 5.93. The number of benzene rings is 1. The second-order valence-corrected chi connectivity index (χ2v) is 6.28. The normalized spacial score (nSPS) is 10.6. The van der Waals surface area contributed by atoms with Crippen LogP contribution in [-0.4, -0.2) is 34.8 Å². The number of hydrogen-bond donors (Lipinski definition) is 1. The van der Waals surface area contributed by atoms with Crippen LogP contribution in [0.3, 0.4) is 0 Å². The third-order valence-corrected chi connectivity index (χ3v) is 4.18. The van der Waals surface area contributed by atoms with E-state index in [1.54, 1.807) is 11.6 Å². The zero-order valence-electron chi connectivity index (χ0n) is 15.7. The molecule has 0 fully saturated rings. The molecule has 6 nitrogen and oxygen atoms in total. The third-order valence-electron chi connectivity index (χ3n) is 4.18. The molecule has 140 valence electrons. The first-order valence-electron chi connectivity index (χ1n) is 9.10. The number of aromatic nitrogens is 2. The van der Waals surface area contributed by atoms with Crippen molar-refractivity contribution < 1.29 is 14.3 Å². The molecule has 1 aromatic carbocycles. The molecular formula is C20H27N3O3. The molecule has 1 heterocycles. The summed E-state index contributed by atoms with van der Waals surface area (Å²) in [6.45, 7) is 6.05. The molecular weight excluding hydrogens is 330 g/mol. The highest BCUT2D eigenvalue weighted by Gasteiger charge is 2.21. The van der Waals surface area contributed by atoms with Crippen LogP contribution in [0.4, 0.5) is 0 Å². The lowest BCUT2D eigenvalue weighted by atomic mass is 10.2. The number of ether oxygens (including phenoxy) is 1. The van der Waals surface area contributed by atoms with Gasteiger partial charge >= 0.3 is 5.97 Å². The minimum absolute atomic E-state index is 0.276. The zero-order chi connectivity index (χ0) is 18.9. The van der Waals surface area contributed by atoms with Gasteiger partial charge in [0.05, 0.1) is 17.1 Å². The summed E-state index contributed by atoms with van der Waals surface area (Å²) < 4.78 is 6.88. The number of hydrogen-bond acceptors (Lipinski definition) is 4. The topological polar surface area (TPSA) is 73.2 Å². The molecule has 0 aliphatic heterocycles. The molecule has 0 saturated heterocycles. The van der Waals surface area contributed by atoms with Gasteiger partial charge in [-0.15, -0.1) is 0 Å². The van der Waals surface area contributed by atoms with Crippen LogP contribution in [0.5, 0.6) is 0 Å². The van der Waals surface area contributed by atoms with E-state index >= 15 is 0 Å². The highest BCUT2D eigenvalue weighted by Crippen LogP contribution is 2.18. The summed E-state index contributed by atoms with van der Waals surface area (Å²) in [5, 5.41) is 7.19. The largest absolute Gasteiger partial charge is 0.452 e. The average molecular weight is 357 g/mol. The van der Waals surface area contributed by atoms with Gasteiger partial charge in [-0.2, -0.15) is 5.10 Å². The third kappa shape index (κ3) is 5.18. The van der Waals surface area contributed by atoms with Crippen LogP contribution in [0.15, 0.2) is 30.3 Å². The molecule has 0 aliphatic carbocycles. The molecule has 6 heteroatoms. The minimum atomic E-state index is -0.525. The Labute approximate surface area is 154 Å². The SMILES string of the molecule is CCCCCCNC(=O)COC(=O)c1c(C)nn(-c2ccccc2)c1C. The van der Waals surface area contributed by atoms with Gasteiger partial charge in [-0.25, -0.2) is 9.48 Å². The predicted octanol–water partition coefficient (Wildman–Crippen LogP) is 3.34. The van der Waals surface area contributed by atoms with Crippen LogP contribution in [-0.2, 0) is 9.53 Å². The number of nitrogens with one attached hydrogen (secondary N) is 1. The van der Waals surface area contributed by atoms with Gasteiger partial charge in [-0.1, -0.05) is 44.4 Å². The lowest BCUT2D eigenvalue weighted by Gasteiger charge is -2.07. The van der Waals surface area contributed by atoms with Gasteiger partial charge in [-0.3, -0.25) is 4.79 Å². The van der Waals surface area contributed by atoms with Gasteiger partial charge in [0, 0.05) is 6.54 Å². The molecule has 0 saturated carbocycles. The fourth-order valence-corrected chi connectivity index (χ4v) is 2.79. The quantitative estimate of drug-likeness (QED) is 0.552. The van der Waals surface area contributed by atoms with Crippen LogP contribution in [0.2, 0.25) is 0 Å². The van der Waals surface area contributed by atoms with Crippen molar-refractivity contribution in [3.63, 3.8) is 0 Å². The summed E-state index contributed by atoms with van der Waals surface area (Å²) in [5.74, 6) is -0.802. The Kier molecular flexibility index (Phi) is 7.38. The lowest BCUT2D eigenvalue weighted by Crippen LogP contribution is -2.29. The van der Waals surface area contributed by atoms with Crippen LogP contribution in [0, 0.1) is 13.8 Å². The number of esters is 1. The number of amides is 1. The Morgan fingerprint density at radius 3 is 2.54 bits per heavy atom. The Morgan fingerprint density at radius 1 is 1.12 bits per heavy atom. The molecule has 0 unspecified atom stereocenters. The molecule has 1 amide bonds. The van der Waals surface area contributed by atoms with Gasteiger partial charge in [0.15, 0.2) is 6.61 Å². The summed E-state index contributed by atoms with van der Waals surface area (Å²) in [7, 11) is 0. The van der Waals surface area contributed by atoms with Crippen LogP contribution in [0.1, 0.15) is 54.4 Å². The number of unbranched alkanes of at least 4 members (excludes halogenated alkanes) is 3. The van der Waals surface area contributed by atoms with E-state index in [1.165, 1.54) is 0 Å². The van der Waals surface area contributed by atoms with E-state index in [1.807, 2.05) is 37.3 Å². The Morgan fingerprint density at radius 2 is 1.85 bits per heavy atom. The first kappa shape index (κ1) is 19.7. The monoisotopic (exact) mass is 357 g/mol. The number of nitrogens with zero attached hydrogens (tertiary/aromatic N) is 2. The fraction of sp³-hybridized carbons (Fsp3) is 0.450. The Balaban J connectivity index is 1.92. The standard InChI is InChI=1S/C20H27N3O3/c1-4-5-6-10-13-21-18(24)14-26-20(25)19-15(2)22-23(16(19)3)17-11-8-7-9-12-17/h7-9,11-12H,4-6,10,13-14H2,1-3H3,(H,21,24). The van der Waals surface area contributed by atoms with E-state index < -0.39 is 5.97 Å². The summed E-state index contributed by atoms with van der Waals surface area (Å²) in [4.78, 5) is 24.2. The molecule has 2 rings (SSSR count). The summed E-state index contributed by atoms with van der Waals surface area (Å²) in [5.41, 5.74) is 2.55. The molecule has 0 aliphatic rings. The van der Waals surface area contributed by atoms with Crippen LogP contribution < -0.4 is 5.32 Å². The second-order valence-electron chi connectivity index (χ2n) is 6.28. The highest BCUT2D eigenvalue weighted by atomic mass is 16.5. The van der Waals surface area contributed by atoms with E-state index in [9.17, 15) is 9.59 Å². The molecule has 0 bridgehead atoms. The van der Waals surface area contributed by atoms with Gasteiger partial charge in [0.2, 0.25) is 0 Å². The van der Waals surface area contributed by atoms with E-state index in [4.69, 9.17) is 4.74 Å². The first-order chi connectivity index (χ1) is 12.5. The molecule has 26 heavy (non-hydrogen) atoms. The summed E-state index contributed by atoms with van der Waals surface area (Å²) in [6.07, 6.45) is 4.35. The fourth-order valence-electron chi connectivity index (χ4n) is 2.79. The van der Waals surface area contributed by atoms with Crippen molar-refractivity contribution in [2.24, 2.45) is 0 Å². The number of carbonyl (C=O) groups is 2. The van der Waals surface area contributed by atoms with Crippen molar-refractivity contribution in [1.82, 2.24) is 15.1 Å². The van der Waals surface area contributed by atoms with Crippen molar-refractivity contribution in [2.75, 3.05) is 13.2 Å². The van der Waals surface area contributed by atoms with Crippen LogP contribution >= 0.6 is 0 Å². The van der Waals surface area contributed by atoms with Gasteiger partial charge < -0.3 is 10.1 Å². The summed E-state index contributed by atoms with van der Waals surface area (Å²) in [6, 6.07) is 9.58. The van der Waals surface area contributed by atoms with Crippen molar-refractivity contribution in [2.45, 2.75) is 46.5 Å². The van der Waals surface area contributed by atoms with Gasteiger partial charge in [0.25, 0.3) is 5.91 Å². The number of rotatable bonds is 9. The minimum Gasteiger partial charge on any atom is -0.452 e. The summed E-state index contributed by atoms with van der Waals surface area (Å²) >= 11 is 0. The molecule has 2 aromatic rings. The number of aryl methyl sites for hydroxylation is 1. The maximum absolute atomic E-state index is 12.4. The Bertz CT molecular complexity index is 738. The van der Waals surface area contributed by atoms with Crippen molar-refractivity contribution >= 4 is 11.9 Å². The average Bonchev–Trinajstić information content (AvgIpc) is 2.94. The van der Waals surface area contributed by atoms with E-state index in [0.717, 1.165) is 31.4 Å². The van der Waals surface area contributed by atoms with E-state index in [-0.39, 0.29) is 12.5 Å².